The highest BCUT2D eigenvalue weighted by atomic mass is 16.5. The standard InChI is InChI=1S/C33H62O5/c1-4-7-9-11-12-13-14-15-16-17-18-19-20-22-24-27-32(29(35)26-23-21-10-8-5-2)38-33(31(37)28-34)30(36)25-6-3/h15-16,31-34,37H,4-14,17-28H2,1-3H3. The minimum Gasteiger partial charge on any atom is -0.394 e. The van der Waals surface area contributed by atoms with E-state index in [9.17, 15) is 19.8 Å². The summed E-state index contributed by atoms with van der Waals surface area (Å²) in [5, 5.41) is 19.7. The topological polar surface area (TPSA) is 83.8 Å². The molecule has 0 aromatic heterocycles. The Kier molecular flexibility index (Phi) is 26.8. The van der Waals surface area contributed by atoms with Gasteiger partial charge < -0.3 is 14.9 Å². The van der Waals surface area contributed by atoms with Gasteiger partial charge in [-0.3, -0.25) is 9.59 Å². The predicted octanol–water partition coefficient (Wildman–Crippen LogP) is 8.43. The molecule has 0 aliphatic carbocycles. The zero-order valence-corrected chi connectivity index (χ0v) is 25.3. The van der Waals surface area contributed by atoms with Gasteiger partial charge in [0.1, 0.15) is 18.3 Å². The van der Waals surface area contributed by atoms with Crippen molar-refractivity contribution in [3.05, 3.63) is 12.2 Å². The van der Waals surface area contributed by atoms with Gasteiger partial charge >= 0.3 is 0 Å². The number of allylic oxidation sites excluding steroid dienone is 2. The predicted molar refractivity (Wildman–Crippen MR) is 160 cm³/mol. The van der Waals surface area contributed by atoms with Crippen LogP contribution in [0.4, 0.5) is 0 Å². The van der Waals surface area contributed by atoms with Gasteiger partial charge in [0.05, 0.1) is 6.61 Å². The van der Waals surface area contributed by atoms with Crippen molar-refractivity contribution in [2.75, 3.05) is 6.61 Å². The zero-order chi connectivity index (χ0) is 28.3. The molecule has 0 bridgehead atoms. The summed E-state index contributed by atoms with van der Waals surface area (Å²) in [7, 11) is 0. The monoisotopic (exact) mass is 538 g/mol. The Morgan fingerprint density at radius 1 is 0.632 bits per heavy atom. The Morgan fingerprint density at radius 2 is 1.13 bits per heavy atom. The SMILES string of the molecule is CCCCCCCCC=CCCCCCCCC(OC(C(=O)CCC)C(O)CO)C(=O)CCCCCCC. The Labute approximate surface area is 235 Å². The molecule has 0 rings (SSSR count). The largest absolute Gasteiger partial charge is 0.394 e. The Hall–Kier alpha value is -1.04. The van der Waals surface area contributed by atoms with Crippen molar-refractivity contribution in [1.29, 1.82) is 0 Å². The molecule has 0 fully saturated rings. The van der Waals surface area contributed by atoms with Crippen LogP contribution in [0.5, 0.6) is 0 Å². The lowest BCUT2D eigenvalue weighted by Crippen LogP contribution is -2.43. The second-order valence-corrected chi connectivity index (χ2v) is 11.0. The lowest BCUT2D eigenvalue weighted by atomic mass is 9.99. The van der Waals surface area contributed by atoms with Gasteiger partial charge in [0.15, 0.2) is 11.6 Å². The lowest BCUT2D eigenvalue weighted by Gasteiger charge is -2.26. The molecule has 0 aliphatic rings. The van der Waals surface area contributed by atoms with Crippen molar-refractivity contribution in [3.8, 4) is 0 Å². The first kappa shape index (κ1) is 37.0. The summed E-state index contributed by atoms with van der Waals surface area (Å²) >= 11 is 0. The van der Waals surface area contributed by atoms with Crippen LogP contribution in [0.1, 0.15) is 162 Å². The second kappa shape index (κ2) is 27.5. The summed E-state index contributed by atoms with van der Waals surface area (Å²) in [5.41, 5.74) is 0. The average molecular weight is 539 g/mol. The summed E-state index contributed by atoms with van der Waals surface area (Å²) in [6.07, 6.45) is 24.6. The van der Waals surface area contributed by atoms with Gasteiger partial charge in [0.25, 0.3) is 0 Å². The molecule has 0 heterocycles. The highest BCUT2D eigenvalue weighted by Gasteiger charge is 2.31. The summed E-state index contributed by atoms with van der Waals surface area (Å²) < 4.78 is 5.96. The van der Waals surface area contributed by atoms with Crippen LogP contribution in [-0.2, 0) is 14.3 Å². The molecule has 0 spiro atoms. The third-order valence-electron chi connectivity index (χ3n) is 7.28. The number of hydrogen-bond donors (Lipinski definition) is 2. The molecular weight excluding hydrogens is 476 g/mol. The quantitative estimate of drug-likeness (QED) is 0.0737. The van der Waals surface area contributed by atoms with E-state index in [1.54, 1.807) is 0 Å². The zero-order valence-electron chi connectivity index (χ0n) is 25.3. The smallest absolute Gasteiger partial charge is 0.164 e. The van der Waals surface area contributed by atoms with Gasteiger partial charge in [-0.15, -0.1) is 0 Å². The molecule has 0 saturated carbocycles. The van der Waals surface area contributed by atoms with Gasteiger partial charge in [-0.25, -0.2) is 0 Å². The number of aliphatic hydroxyl groups excluding tert-OH is 2. The van der Waals surface area contributed by atoms with Crippen LogP contribution in [-0.4, -0.2) is 46.7 Å². The maximum absolute atomic E-state index is 13.0. The molecule has 0 aromatic rings. The molecule has 0 aliphatic heterocycles. The fourth-order valence-electron chi connectivity index (χ4n) is 4.81. The van der Waals surface area contributed by atoms with Gasteiger partial charge in [-0.1, -0.05) is 116 Å². The van der Waals surface area contributed by atoms with Crippen molar-refractivity contribution >= 4 is 11.6 Å². The van der Waals surface area contributed by atoms with E-state index in [1.807, 2.05) is 6.92 Å². The molecule has 2 N–H and O–H groups in total. The molecule has 38 heavy (non-hydrogen) atoms. The van der Waals surface area contributed by atoms with Gasteiger partial charge in [-0.05, 0) is 44.9 Å². The van der Waals surface area contributed by atoms with Crippen LogP contribution < -0.4 is 0 Å². The number of aliphatic hydroxyl groups is 2. The molecule has 3 atom stereocenters. The second-order valence-electron chi connectivity index (χ2n) is 11.0. The number of Topliss-reactive ketones (excluding diaryl/α,β-unsaturated/α-hetero) is 2. The summed E-state index contributed by atoms with van der Waals surface area (Å²) in [4.78, 5) is 25.5. The van der Waals surface area contributed by atoms with Crippen molar-refractivity contribution < 1.29 is 24.5 Å². The molecule has 0 aromatic carbocycles. The number of carbonyl (C=O) groups is 2. The van der Waals surface area contributed by atoms with Crippen LogP contribution in [0.15, 0.2) is 12.2 Å². The number of hydrogen-bond acceptors (Lipinski definition) is 5. The highest BCUT2D eigenvalue weighted by molar-refractivity contribution is 5.86. The number of unbranched alkanes of at least 4 members (excludes halogenated alkanes) is 15. The molecule has 0 saturated heterocycles. The third-order valence-corrected chi connectivity index (χ3v) is 7.28. The molecule has 5 heteroatoms. The maximum atomic E-state index is 13.0. The number of rotatable bonds is 29. The van der Waals surface area contributed by atoms with E-state index in [4.69, 9.17) is 4.74 Å². The molecule has 5 nitrogen and oxygen atoms in total. The number of carbonyl (C=O) groups excluding carboxylic acids is 2. The van der Waals surface area contributed by atoms with Crippen molar-refractivity contribution in [2.45, 2.75) is 180 Å². The van der Waals surface area contributed by atoms with Crippen LogP contribution in [0.25, 0.3) is 0 Å². The number of ketones is 2. The van der Waals surface area contributed by atoms with E-state index in [0.717, 1.165) is 51.4 Å². The van der Waals surface area contributed by atoms with Crippen molar-refractivity contribution in [3.63, 3.8) is 0 Å². The van der Waals surface area contributed by atoms with Gasteiger partial charge in [0, 0.05) is 12.8 Å². The summed E-state index contributed by atoms with van der Waals surface area (Å²) in [6, 6.07) is 0. The van der Waals surface area contributed by atoms with E-state index in [0.29, 0.717) is 19.3 Å². The lowest BCUT2D eigenvalue weighted by molar-refractivity contribution is -0.155. The normalized spacial score (nSPS) is 14.1. The summed E-state index contributed by atoms with van der Waals surface area (Å²) in [5.74, 6) is -0.212. The van der Waals surface area contributed by atoms with E-state index < -0.39 is 24.9 Å². The fraction of sp³-hybridized carbons (Fsp3) is 0.879. The van der Waals surface area contributed by atoms with Crippen LogP contribution in [0.3, 0.4) is 0 Å². The minimum absolute atomic E-state index is 0.0245. The first-order chi connectivity index (χ1) is 18.5. The van der Waals surface area contributed by atoms with Crippen LogP contribution in [0.2, 0.25) is 0 Å². The van der Waals surface area contributed by atoms with E-state index in [2.05, 4.69) is 26.0 Å². The van der Waals surface area contributed by atoms with Crippen LogP contribution in [0, 0.1) is 0 Å². The van der Waals surface area contributed by atoms with E-state index >= 15 is 0 Å². The first-order valence-electron chi connectivity index (χ1n) is 16.2. The number of ether oxygens (including phenoxy) is 1. The van der Waals surface area contributed by atoms with Crippen LogP contribution >= 0.6 is 0 Å². The van der Waals surface area contributed by atoms with Crippen molar-refractivity contribution in [1.82, 2.24) is 0 Å². The van der Waals surface area contributed by atoms with Gasteiger partial charge in [-0.2, -0.15) is 0 Å². The Morgan fingerprint density at radius 3 is 1.66 bits per heavy atom. The molecule has 0 radical (unpaired) electrons. The van der Waals surface area contributed by atoms with E-state index in [1.165, 1.54) is 64.2 Å². The first-order valence-corrected chi connectivity index (χ1v) is 16.2. The molecule has 224 valence electrons. The third kappa shape index (κ3) is 20.9. The Bertz CT molecular complexity index is 574. The molecule has 3 unspecified atom stereocenters. The Balaban J connectivity index is 4.43. The minimum atomic E-state index is -1.29. The summed E-state index contributed by atoms with van der Waals surface area (Å²) in [6.45, 7) is 5.77. The van der Waals surface area contributed by atoms with Crippen molar-refractivity contribution in [2.24, 2.45) is 0 Å². The van der Waals surface area contributed by atoms with E-state index in [-0.39, 0.29) is 18.0 Å². The molecular formula is C33H62O5. The maximum Gasteiger partial charge on any atom is 0.164 e. The average Bonchev–Trinajstić information content (AvgIpc) is 2.91. The highest BCUT2D eigenvalue weighted by Crippen LogP contribution is 2.19. The fourth-order valence-corrected chi connectivity index (χ4v) is 4.81. The van der Waals surface area contributed by atoms with Gasteiger partial charge in [0.2, 0.25) is 0 Å². The molecule has 0 amide bonds.